The molecule has 0 heterocycles. The number of hydrogen-bond donors (Lipinski definition) is 3. The van der Waals surface area contributed by atoms with Gasteiger partial charge in [-0.25, -0.2) is 9.13 Å². The normalized spacial score (nSPS) is 14.1. The first-order chi connectivity index (χ1) is 46.2. The number of ether oxygens (including phenoxy) is 4. The molecule has 2 unspecified atom stereocenters. The van der Waals surface area contributed by atoms with Crippen molar-refractivity contribution in [1.29, 1.82) is 0 Å². The van der Waals surface area contributed by atoms with Crippen LogP contribution < -0.4 is 0 Å². The molecule has 0 aliphatic rings. The fraction of sp³-hybridized carbons (Fsp3) is 0.948. The Morgan fingerprint density at radius 3 is 0.708 bits per heavy atom. The van der Waals surface area contributed by atoms with Gasteiger partial charge < -0.3 is 33.8 Å². The Labute approximate surface area is 588 Å². The quantitative estimate of drug-likeness (QED) is 0.0222. The molecule has 0 bridgehead atoms. The van der Waals surface area contributed by atoms with Gasteiger partial charge in [-0.2, -0.15) is 0 Å². The zero-order valence-electron chi connectivity index (χ0n) is 62.8. The summed E-state index contributed by atoms with van der Waals surface area (Å²) in [5.74, 6) is 0.179. The minimum Gasteiger partial charge on any atom is -0.462 e. The molecule has 0 aliphatic carbocycles. The molecule has 3 N–H and O–H groups in total. The van der Waals surface area contributed by atoms with Crippen LogP contribution in [0.4, 0.5) is 0 Å². The van der Waals surface area contributed by atoms with Crippen LogP contribution in [0.25, 0.3) is 0 Å². The summed E-state index contributed by atoms with van der Waals surface area (Å²) in [6.45, 7) is 11.9. The van der Waals surface area contributed by atoms with E-state index in [1.807, 2.05) is 0 Å². The molecule has 570 valence electrons. The summed E-state index contributed by atoms with van der Waals surface area (Å²) in [6.07, 6.45) is 54.1. The third-order valence-electron chi connectivity index (χ3n) is 17.9. The van der Waals surface area contributed by atoms with E-state index >= 15 is 0 Å². The Kier molecular flexibility index (Phi) is 66.2. The smallest absolute Gasteiger partial charge is 0.462 e. The van der Waals surface area contributed by atoms with Gasteiger partial charge in [0.25, 0.3) is 0 Å². The lowest BCUT2D eigenvalue weighted by atomic mass is 10.0. The molecule has 0 radical (unpaired) electrons. The second-order valence-corrected chi connectivity index (χ2v) is 32.1. The molecule has 0 saturated carbocycles. The third kappa shape index (κ3) is 70.5. The summed E-state index contributed by atoms with van der Waals surface area (Å²) < 4.78 is 68.6. The summed E-state index contributed by atoms with van der Waals surface area (Å²) in [5, 5.41) is 10.6. The number of carbonyl (C=O) groups is 4. The number of phosphoric ester groups is 2. The molecule has 19 heteroatoms. The van der Waals surface area contributed by atoms with Gasteiger partial charge in [0.15, 0.2) is 12.2 Å². The molecule has 5 atom stereocenters. The van der Waals surface area contributed by atoms with Crippen LogP contribution in [0.3, 0.4) is 0 Å². The molecule has 0 amide bonds. The maximum Gasteiger partial charge on any atom is 0.472 e. The summed E-state index contributed by atoms with van der Waals surface area (Å²) in [7, 11) is -9.91. The Bertz CT molecular complexity index is 1870. The van der Waals surface area contributed by atoms with E-state index in [0.717, 1.165) is 108 Å². The van der Waals surface area contributed by atoms with Crippen LogP contribution in [0, 0.1) is 17.8 Å². The van der Waals surface area contributed by atoms with E-state index in [1.54, 1.807) is 0 Å². The maximum atomic E-state index is 13.1. The lowest BCUT2D eigenvalue weighted by molar-refractivity contribution is -0.161. The van der Waals surface area contributed by atoms with Crippen molar-refractivity contribution in [2.45, 2.75) is 414 Å². The van der Waals surface area contributed by atoms with E-state index in [4.69, 9.17) is 37.0 Å². The van der Waals surface area contributed by atoms with Crippen molar-refractivity contribution in [3.8, 4) is 0 Å². The van der Waals surface area contributed by atoms with Gasteiger partial charge in [-0.05, 0) is 43.4 Å². The van der Waals surface area contributed by atoms with Crippen molar-refractivity contribution < 1.29 is 80.2 Å². The third-order valence-corrected chi connectivity index (χ3v) is 19.8. The predicted molar refractivity (Wildman–Crippen MR) is 391 cm³/mol. The van der Waals surface area contributed by atoms with Crippen LogP contribution in [0.5, 0.6) is 0 Å². The van der Waals surface area contributed by atoms with Gasteiger partial charge in [0.05, 0.1) is 26.4 Å². The van der Waals surface area contributed by atoms with Crippen LogP contribution >= 0.6 is 15.6 Å². The Morgan fingerprint density at radius 2 is 0.479 bits per heavy atom. The lowest BCUT2D eigenvalue weighted by Crippen LogP contribution is -2.30. The van der Waals surface area contributed by atoms with Crippen molar-refractivity contribution in [2.75, 3.05) is 39.6 Å². The van der Waals surface area contributed by atoms with E-state index in [0.29, 0.717) is 25.7 Å². The number of unbranched alkanes of at least 4 members (excludes halogenated alkanes) is 43. The standard InChI is InChI=1S/C77H150O17P2/c1-8-9-10-11-12-13-14-19-23-30-39-46-53-60-76(81)94-73(65-88-75(80)59-52-45-38-33-32-36-43-50-57-70(6)7)67-92-96(85,86)90-63-71(78)62-89-95(83,84)91-66-72(64-87-74(79)58-51-44-37-29-26-25-28-35-42-49-56-69(4)5)93-77(82)61-54-47-40-31-24-21-18-16-15-17-20-22-27-34-41-48-55-68(2)3/h68-73,78H,8-67H2,1-7H3,(H,83,84)(H,85,86)/t71-,72-,73-/m1/s1. The topological polar surface area (TPSA) is 237 Å². The first-order valence-corrected chi connectivity index (χ1v) is 42.8. The predicted octanol–water partition coefficient (Wildman–Crippen LogP) is 22.6. The largest absolute Gasteiger partial charge is 0.472 e. The fourth-order valence-electron chi connectivity index (χ4n) is 11.8. The average Bonchev–Trinajstić information content (AvgIpc) is 1.40. The molecule has 0 aromatic carbocycles. The number of esters is 4. The molecule has 0 aliphatic heterocycles. The van der Waals surface area contributed by atoms with E-state index in [9.17, 15) is 43.2 Å². The average molecular weight is 1410 g/mol. The maximum absolute atomic E-state index is 13.1. The van der Waals surface area contributed by atoms with E-state index < -0.39 is 97.5 Å². The van der Waals surface area contributed by atoms with Crippen molar-refractivity contribution >= 4 is 39.5 Å². The Morgan fingerprint density at radius 1 is 0.281 bits per heavy atom. The summed E-state index contributed by atoms with van der Waals surface area (Å²) >= 11 is 0. The summed E-state index contributed by atoms with van der Waals surface area (Å²) in [4.78, 5) is 72.9. The summed E-state index contributed by atoms with van der Waals surface area (Å²) in [6, 6.07) is 0. The van der Waals surface area contributed by atoms with Crippen LogP contribution in [-0.4, -0.2) is 96.7 Å². The lowest BCUT2D eigenvalue weighted by Gasteiger charge is -2.21. The Balaban J connectivity index is 5.24. The second kappa shape index (κ2) is 67.5. The van der Waals surface area contributed by atoms with E-state index in [-0.39, 0.29) is 25.7 Å². The van der Waals surface area contributed by atoms with Crippen LogP contribution in [0.2, 0.25) is 0 Å². The number of phosphoric acid groups is 2. The molecule has 0 spiro atoms. The number of carbonyl (C=O) groups excluding carboxylic acids is 4. The van der Waals surface area contributed by atoms with Gasteiger partial charge in [0.1, 0.15) is 19.3 Å². The van der Waals surface area contributed by atoms with Crippen LogP contribution in [0.1, 0.15) is 395 Å². The van der Waals surface area contributed by atoms with Crippen molar-refractivity contribution in [3.63, 3.8) is 0 Å². The molecule has 96 heavy (non-hydrogen) atoms. The molecular formula is C77H150O17P2. The van der Waals surface area contributed by atoms with Crippen LogP contribution in [0.15, 0.2) is 0 Å². The van der Waals surface area contributed by atoms with Crippen molar-refractivity contribution in [1.82, 2.24) is 0 Å². The molecule has 0 aromatic rings. The van der Waals surface area contributed by atoms with Gasteiger partial charge in [0, 0.05) is 25.7 Å². The molecule has 0 aromatic heterocycles. The van der Waals surface area contributed by atoms with Gasteiger partial charge in [-0.3, -0.25) is 37.3 Å². The minimum atomic E-state index is -4.96. The molecule has 0 rings (SSSR count). The highest BCUT2D eigenvalue weighted by atomic mass is 31.2. The number of aliphatic hydroxyl groups excluding tert-OH is 1. The van der Waals surface area contributed by atoms with Gasteiger partial charge in [-0.1, -0.05) is 344 Å². The van der Waals surface area contributed by atoms with Crippen molar-refractivity contribution in [2.24, 2.45) is 17.8 Å². The number of hydrogen-bond acceptors (Lipinski definition) is 15. The van der Waals surface area contributed by atoms with Crippen molar-refractivity contribution in [3.05, 3.63) is 0 Å². The van der Waals surface area contributed by atoms with Gasteiger partial charge in [0.2, 0.25) is 0 Å². The zero-order chi connectivity index (χ0) is 70.9. The molecular weight excluding hydrogens is 1260 g/mol. The van der Waals surface area contributed by atoms with E-state index in [2.05, 4.69) is 48.5 Å². The Hall–Kier alpha value is -1.94. The van der Waals surface area contributed by atoms with Crippen LogP contribution in [-0.2, 0) is 65.4 Å². The highest BCUT2D eigenvalue weighted by Crippen LogP contribution is 2.45. The molecule has 0 fully saturated rings. The monoisotopic (exact) mass is 1410 g/mol. The summed E-state index contributed by atoms with van der Waals surface area (Å²) in [5.41, 5.74) is 0. The second-order valence-electron chi connectivity index (χ2n) is 29.2. The highest BCUT2D eigenvalue weighted by molar-refractivity contribution is 7.47. The SMILES string of the molecule is CCCCCCCCCCCCCCCC(=O)O[C@H](COC(=O)CCCCCCCCCCC(C)C)COP(=O)(O)OC[C@H](O)COP(=O)(O)OC[C@@H](COC(=O)CCCCCCCCCCCCC(C)C)OC(=O)CCCCCCCCCCCCCCCCCCC(C)C. The first-order valence-electron chi connectivity index (χ1n) is 39.8. The first kappa shape index (κ1) is 94.1. The van der Waals surface area contributed by atoms with Gasteiger partial charge >= 0.3 is 39.5 Å². The van der Waals surface area contributed by atoms with E-state index in [1.165, 1.54) is 205 Å². The highest BCUT2D eigenvalue weighted by Gasteiger charge is 2.30. The number of rotatable bonds is 75. The number of aliphatic hydroxyl groups is 1. The molecule has 0 saturated heterocycles. The zero-order valence-corrected chi connectivity index (χ0v) is 64.6. The minimum absolute atomic E-state index is 0.107. The molecule has 17 nitrogen and oxygen atoms in total. The van der Waals surface area contributed by atoms with Gasteiger partial charge in [-0.15, -0.1) is 0 Å². The fourth-order valence-corrected chi connectivity index (χ4v) is 13.4.